The molecule has 1 aliphatic carbocycles. The summed E-state index contributed by atoms with van der Waals surface area (Å²) in [6, 6.07) is 0. The maximum atomic E-state index is 13.6. The van der Waals surface area contributed by atoms with Crippen molar-refractivity contribution in [2.75, 3.05) is 7.11 Å². The van der Waals surface area contributed by atoms with Crippen LogP contribution in [0.1, 0.15) is 32.1 Å². The van der Waals surface area contributed by atoms with E-state index in [2.05, 4.69) is 14.2 Å². The van der Waals surface area contributed by atoms with Gasteiger partial charge in [-0.05, 0) is 19.3 Å². The van der Waals surface area contributed by atoms with Crippen LogP contribution in [-0.2, 0) is 18.8 Å². The smallest absolute Gasteiger partial charge is 0.305 e. The normalized spacial score (nSPS) is 29.8. The first-order valence-electron chi connectivity index (χ1n) is 6.80. The van der Waals surface area contributed by atoms with Crippen LogP contribution < -0.4 is 0 Å². The fourth-order valence-electron chi connectivity index (χ4n) is 2.56. The fraction of sp³-hybridized carbons (Fsp3) is 0.714. The summed E-state index contributed by atoms with van der Waals surface area (Å²) in [4.78, 5) is 21.9. The Balaban J connectivity index is 2.34. The fourth-order valence-corrected chi connectivity index (χ4v) is 2.87. The molecule has 4 nitrogen and oxygen atoms in total. The summed E-state index contributed by atoms with van der Waals surface area (Å²) in [5, 5.41) is 0. The van der Waals surface area contributed by atoms with Gasteiger partial charge in [-0.2, -0.15) is 0 Å². The summed E-state index contributed by atoms with van der Waals surface area (Å²) >= 11 is 0. The van der Waals surface area contributed by atoms with Gasteiger partial charge in [0.15, 0.2) is 0 Å². The number of aldehydes is 1. The van der Waals surface area contributed by atoms with Crippen LogP contribution in [0.3, 0.4) is 0 Å². The third-order valence-corrected chi connectivity index (χ3v) is 4.08. The van der Waals surface area contributed by atoms with Crippen LogP contribution in [0.5, 0.6) is 0 Å². The number of halogens is 1. The Hall–Kier alpha value is -0.800. The van der Waals surface area contributed by atoms with Crippen LogP contribution in [0.15, 0.2) is 12.2 Å². The largest absolute Gasteiger partial charge is 0.469 e. The van der Waals surface area contributed by atoms with E-state index < -0.39 is 12.1 Å². The number of carbonyl (C=O) groups excluding carboxylic acids is 2. The molecule has 1 rings (SSSR count). The molecule has 0 heterocycles. The Labute approximate surface area is 121 Å². The van der Waals surface area contributed by atoms with Gasteiger partial charge in [-0.15, -0.1) is 0 Å². The molecule has 20 heavy (non-hydrogen) atoms. The van der Waals surface area contributed by atoms with Gasteiger partial charge < -0.3 is 14.1 Å². The molecule has 0 amide bonds. The van der Waals surface area contributed by atoms with Crippen LogP contribution in [-0.4, -0.2) is 31.6 Å². The molecule has 0 aromatic rings. The van der Waals surface area contributed by atoms with Crippen LogP contribution in [0, 0.1) is 11.8 Å². The van der Waals surface area contributed by atoms with Gasteiger partial charge >= 0.3 is 5.97 Å². The predicted molar refractivity (Wildman–Crippen MR) is 76.8 cm³/mol. The van der Waals surface area contributed by atoms with Crippen LogP contribution >= 0.6 is 9.47 Å². The average molecular weight is 304 g/mol. The van der Waals surface area contributed by atoms with Gasteiger partial charge in [0, 0.05) is 28.2 Å². The van der Waals surface area contributed by atoms with Crippen molar-refractivity contribution in [2.45, 2.75) is 44.4 Å². The SMILES string of the molecule is COC(=O)CCC/C=C/CC1C(OP)CC(F)C1C=O. The van der Waals surface area contributed by atoms with E-state index >= 15 is 0 Å². The van der Waals surface area contributed by atoms with E-state index in [1.165, 1.54) is 7.11 Å². The van der Waals surface area contributed by atoms with Gasteiger partial charge in [0.05, 0.1) is 19.1 Å². The van der Waals surface area contributed by atoms with Gasteiger partial charge in [-0.1, -0.05) is 12.2 Å². The second kappa shape index (κ2) is 9.19. The number of rotatable bonds is 8. The van der Waals surface area contributed by atoms with Crippen LogP contribution in [0.2, 0.25) is 0 Å². The maximum Gasteiger partial charge on any atom is 0.305 e. The second-order valence-electron chi connectivity index (χ2n) is 4.98. The second-order valence-corrected chi connectivity index (χ2v) is 5.25. The summed E-state index contributed by atoms with van der Waals surface area (Å²) < 4.78 is 23.4. The molecule has 0 saturated heterocycles. The Morgan fingerprint density at radius 3 is 2.80 bits per heavy atom. The highest BCUT2D eigenvalue weighted by Gasteiger charge is 2.43. The van der Waals surface area contributed by atoms with E-state index in [1.807, 2.05) is 12.2 Å². The average Bonchev–Trinajstić information content (AvgIpc) is 2.77. The van der Waals surface area contributed by atoms with Crippen molar-refractivity contribution in [3.8, 4) is 0 Å². The number of ether oxygens (including phenoxy) is 1. The van der Waals surface area contributed by atoms with Gasteiger partial charge in [-0.3, -0.25) is 4.79 Å². The number of alkyl halides is 1. The number of hydrogen-bond acceptors (Lipinski definition) is 4. The zero-order valence-electron chi connectivity index (χ0n) is 11.7. The van der Waals surface area contributed by atoms with Crippen LogP contribution in [0.4, 0.5) is 4.39 Å². The Morgan fingerprint density at radius 2 is 2.20 bits per heavy atom. The molecule has 0 aliphatic heterocycles. The maximum absolute atomic E-state index is 13.6. The molecule has 6 heteroatoms. The first-order valence-corrected chi connectivity index (χ1v) is 7.27. The molecular weight excluding hydrogens is 282 g/mol. The van der Waals surface area contributed by atoms with Gasteiger partial charge in [0.25, 0.3) is 0 Å². The summed E-state index contributed by atoms with van der Waals surface area (Å²) in [7, 11) is 3.52. The van der Waals surface area contributed by atoms with E-state index in [0.717, 1.165) is 12.8 Å². The third-order valence-electron chi connectivity index (χ3n) is 3.73. The molecule has 0 N–H and O–H groups in total. The van der Waals surface area contributed by atoms with Crippen molar-refractivity contribution in [1.29, 1.82) is 0 Å². The Morgan fingerprint density at radius 1 is 1.45 bits per heavy atom. The van der Waals surface area contributed by atoms with Crippen molar-refractivity contribution >= 4 is 21.7 Å². The first kappa shape index (κ1) is 17.3. The molecule has 0 spiro atoms. The molecule has 5 atom stereocenters. The molecule has 1 fully saturated rings. The molecular formula is C14H22FO4P. The van der Waals surface area contributed by atoms with E-state index in [0.29, 0.717) is 19.1 Å². The molecule has 1 saturated carbocycles. The summed E-state index contributed by atoms with van der Waals surface area (Å²) in [5.74, 6) is -0.913. The number of methoxy groups -OCH3 is 1. The summed E-state index contributed by atoms with van der Waals surface area (Å²) in [5.41, 5.74) is 0. The summed E-state index contributed by atoms with van der Waals surface area (Å²) in [6.45, 7) is 0. The topological polar surface area (TPSA) is 52.6 Å². The highest BCUT2D eigenvalue weighted by molar-refractivity contribution is 7.09. The predicted octanol–water partition coefficient (Wildman–Crippen LogP) is 2.62. The molecule has 1 aliphatic rings. The minimum atomic E-state index is -1.12. The van der Waals surface area contributed by atoms with Crippen molar-refractivity contribution in [3.05, 3.63) is 12.2 Å². The molecule has 114 valence electrons. The monoisotopic (exact) mass is 304 g/mol. The lowest BCUT2D eigenvalue weighted by molar-refractivity contribution is -0.140. The molecule has 5 unspecified atom stereocenters. The highest BCUT2D eigenvalue weighted by atomic mass is 31.0. The Bertz CT molecular complexity index is 348. The molecule has 0 aromatic heterocycles. The van der Waals surface area contributed by atoms with Crippen molar-refractivity contribution in [2.24, 2.45) is 11.8 Å². The number of esters is 1. The van der Waals surface area contributed by atoms with Crippen molar-refractivity contribution in [3.63, 3.8) is 0 Å². The van der Waals surface area contributed by atoms with E-state index in [1.54, 1.807) is 0 Å². The van der Waals surface area contributed by atoms with E-state index in [4.69, 9.17) is 4.52 Å². The van der Waals surface area contributed by atoms with E-state index in [9.17, 15) is 14.0 Å². The lowest BCUT2D eigenvalue weighted by Crippen LogP contribution is -2.21. The van der Waals surface area contributed by atoms with Gasteiger partial charge in [-0.25, -0.2) is 4.39 Å². The van der Waals surface area contributed by atoms with Gasteiger partial charge in [0.1, 0.15) is 12.5 Å². The van der Waals surface area contributed by atoms with Crippen molar-refractivity contribution < 1.29 is 23.2 Å². The third kappa shape index (κ3) is 4.95. The lowest BCUT2D eigenvalue weighted by atomic mass is 9.92. The minimum Gasteiger partial charge on any atom is -0.469 e. The molecule has 0 radical (unpaired) electrons. The number of allylic oxidation sites excluding steroid dienone is 2. The quantitative estimate of drug-likeness (QED) is 0.227. The Kier molecular flexibility index (Phi) is 7.93. The standard InChI is InChI=1S/C14H22FO4P/c1-18-14(17)7-5-3-2-4-6-10-11(9-16)12(15)8-13(10)19-20/h2,4,9-13H,3,5-8,20H2,1H3/b4-2+. The van der Waals surface area contributed by atoms with E-state index in [-0.39, 0.29) is 24.4 Å². The van der Waals surface area contributed by atoms with Gasteiger partial charge in [0.2, 0.25) is 0 Å². The first-order chi connectivity index (χ1) is 9.63. The minimum absolute atomic E-state index is 0.114. The zero-order chi connectivity index (χ0) is 15.0. The molecule has 0 bridgehead atoms. The number of hydrogen-bond donors (Lipinski definition) is 0. The zero-order valence-corrected chi connectivity index (χ0v) is 12.8. The number of carbonyl (C=O) groups is 2. The molecule has 0 aromatic carbocycles. The number of unbranched alkanes of at least 4 members (excludes halogenated alkanes) is 1. The van der Waals surface area contributed by atoms with Crippen LogP contribution in [0.25, 0.3) is 0 Å². The lowest BCUT2D eigenvalue weighted by Gasteiger charge is -2.18. The summed E-state index contributed by atoms with van der Waals surface area (Å²) in [6.07, 6.45) is 6.01. The highest BCUT2D eigenvalue weighted by Crippen LogP contribution is 2.38. The van der Waals surface area contributed by atoms with Crippen molar-refractivity contribution in [1.82, 2.24) is 0 Å².